The Labute approximate surface area is 284 Å². The highest BCUT2D eigenvalue weighted by atomic mass is 32.1. The monoisotopic (exact) mass is 629 g/mol. The van der Waals surface area contributed by atoms with Crippen molar-refractivity contribution in [1.82, 2.24) is 0 Å². The lowest BCUT2D eigenvalue weighted by molar-refractivity contribution is 1.28. The van der Waals surface area contributed by atoms with Gasteiger partial charge in [0.05, 0.1) is 5.69 Å². The molecule has 0 unspecified atom stereocenters. The fourth-order valence-corrected chi connectivity index (χ4v) is 8.10. The van der Waals surface area contributed by atoms with Gasteiger partial charge in [-0.3, -0.25) is 0 Å². The minimum absolute atomic E-state index is 1.12. The molecule has 0 saturated heterocycles. The van der Waals surface area contributed by atoms with Crippen LogP contribution in [0.2, 0.25) is 0 Å². The predicted molar refractivity (Wildman–Crippen MR) is 208 cm³/mol. The number of thiophene rings is 1. The van der Waals surface area contributed by atoms with Gasteiger partial charge in [-0.15, -0.1) is 11.3 Å². The van der Waals surface area contributed by atoms with Crippen LogP contribution >= 0.6 is 11.3 Å². The maximum Gasteiger partial charge on any atom is 0.0540 e. The molecule has 9 aromatic rings. The fourth-order valence-electron chi connectivity index (χ4n) is 6.96. The van der Waals surface area contributed by atoms with Crippen molar-refractivity contribution in [2.45, 2.75) is 0 Å². The number of benzene rings is 8. The lowest BCUT2D eigenvalue weighted by Crippen LogP contribution is -2.11. The van der Waals surface area contributed by atoms with Gasteiger partial charge in [0.2, 0.25) is 0 Å². The van der Waals surface area contributed by atoms with Gasteiger partial charge in [0.15, 0.2) is 0 Å². The van der Waals surface area contributed by atoms with Crippen LogP contribution in [0.4, 0.5) is 17.1 Å². The Morgan fingerprint density at radius 3 is 1.81 bits per heavy atom. The van der Waals surface area contributed by atoms with Crippen LogP contribution in [0.5, 0.6) is 0 Å². The van der Waals surface area contributed by atoms with Gasteiger partial charge in [-0.1, -0.05) is 140 Å². The van der Waals surface area contributed by atoms with Crippen LogP contribution in [0, 0.1) is 0 Å². The Morgan fingerprint density at radius 1 is 0.333 bits per heavy atom. The first-order valence-corrected chi connectivity index (χ1v) is 17.2. The molecule has 9 rings (SSSR count). The van der Waals surface area contributed by atoms with Crippen LogP contribution in [0.15, 0.2) is 188 Å². The number of hydrogen-bond acceptors (Lipinski definition) is 2. The molecule has 2 heteroatoms. The van der Waals surface area contributed by atoms with Crippen LogP contribution in [0.1, 0.15) is 0 Å². The average molecular weight is 630 g/mol. The van der Waals surface area contributed by atoms with Gasteiger partial charge < -0.3 is 4.90 Å². The predicted octanol–water partition coefficient (Wildman–Crippen LogP) is 13.7. The van der Waals surface area contributed by atoms with Crippen molar-refractivity contribution in [3.8, 4) is 33.4 Å². The average Bonchev–Trinajstić information content (AvgIpc) is 3.54. The molecule has 1 aromatic heterocycles. The summed E-state index contributed by atoms with van der Waals surface area (Å²) in [4.78, 5) is 2.37. The summed E-state index contributed by atoms with van der Waals surface area (Å²) >= 11 is 1.86. The summed E-state index contributed by atoms with van der Waals surface area (Å²) < 4.78 is 2.66. The van der Waals surface area contributed by atoms with Crippen molar-refractivity contribution in [2.24, 2.45) is 0 Å². The maximum absolute atomic E-state index is 2.37. The van der Waals surface area contributed by atoms with Gasteiger partial charge in [-0.2, -0.15) is 0 Å². The molecule has 0 N–H and O–H groups in total. The van der Waals surface area contributed by atoms with E-state index in [1.165, 1.54) is 64.3 Å². The molecule has 0 amide bonds. The number of hydrogen-bond donors (Lipinski definition) is 0. The first-order valence-electron chi connectivity index (χ1n) is 16.3. The Hall–Kier alpha value is -5.96. The third-order valence-corrected chi connectivity index (χ3v) is 10.4. The zero-order valence-corrected chi connectivity index (χ0v) is 27.1. The summed E-state index contributed by atoms with van der Waals surface area (Å²) in [6.45, 7) is 0. The van der Waals surface area contributed by atoms with E-state index in [0.29, 0.717) is 0 Å². The SMILES string of the molecule is c1ccc(N(c2ccc(-c3ccc4c(c3)sc3ccccc34)cc2)c2ccccc2-c2cccc(-c3cccc4ccccc34)c2)cc1. The standard InChI is InChI=1S/C46H31NS/c1-2-16-37(17-3-1)47(38-27-24-32(25-28-38)34-26-29-43-42-20-7-9-23-45(42)48-46(43)31-34)44-22-8-6-19-41(44)36-15-10-14-35(30-36)40-21-11-13-33-12-4-5-18-39(33)40/h1-31H. The van der Waals surface area contributed by atoms with Gasteiger partial charge in [-0.05, 0) is 87.1 Å². The summed E-state index contributed by atoms with van der Waals surface area (Å²) in [6, 6.07) is 68.1. The van der Waals surface area contributed by atoms with Crippen molar-refractivity contribution in [1.29, 1.82) is 0 Å². The van der Waals surface area contributed by atoms with E-state index >= 15 is 0 Å². The molecular weight excluding hydrogens is 599 g/mol. The van der Waals surface area contributed by atoms with Crippen molar-refractivity contribution < 1.29 is 0 Å². The summed E-state index contributed by atoms with van der Waals surface area (Å²) in [7, 11) is 0. The molecule has 226 valence electrons. The second-order valence-electron chi connectivity index (χ2n) is 12.2. The van der Waals surface area contributed by atoms with Crippen molar-refractivity contribution in [2.75, 3.05) is 4.90 Å². The molecule has 0 spiro atoms. The van der Waals surface area contributed by atoms with Gasteiger partial charge in [0.25, 0.3) is 0 Å². The number of rotatable bonds is 6. The number of fused-ring (bicyclic) bond motifs is 4. The quantitative estimate of drug-likeness (QED) is 0.177. The first-order chi connectivity index (χ1) is 23.8. The normalized spacial score (nSPS) is 11.3. The lowest BCUT2D eigenvalue weighted by atomic mass is 9.94. The largest absolute Gasteiger partial charge is 0.310 e. The highest BCUT2D eigenvalue weighted by Crippen LogP contribution is 2.43. The Morgan fingerprint density at radius 2 is 0.938 bits per heavy atom. The van der Waals surface area contributed by atoms with Crippen LogP contribution in [0.25, 0.3) is 64.3 Å². The fraction of sp³-hybridized carbons (Fsp3) is 0. The third kappa shape index (κ3) is 5.04. The number of anilines is 3. The first kappa shape index (κ1) is 28.3. The molecule has 0 saturated carbocycles. The van der Waals surface area contributed by atoms with Gasteiger partial charge >= 0.3 is 0 Å². The second-order valence-corrected chi connectivity index (χ2v) is 13.2. The lowest BCUT2D eigenvalue weighted by Gasteiger charge is -2.28. The molecule has 48 heavy (non-hydrogen) atoms. The van der Waals surface area contributed by atoms with E-state index < -0.39 is 0 Å². The van der Waals surface area contributed by atoms with Crippen molar-refractivity contribution in [3.05, 3.63) is 188 Å². The van der Waals surface area contributed by atoms with E-state index in [1.807, 2.05) is 11.3 Å². The molecular formula is C46H31NS. The molecule has 0 aliphatic rings. The Kier molecular flexibility index (Phi) is 7.07. The maximum atomic E-state index is 2.37. The Bertz CT molecular complexity index is 2560. The molecule has 0 aliphatic heterocycles. The summed E-state index contributed by atoms with van der Waals surface area (Å²) in [5, 5.41) is 5.18. The van der Waals surface area contributed by atoms with E-state index in [-0.39, 0.29) is 0 Å². The van der Waals surface area contributed by atoms with Crippen molar-refractivity contribution in [3.63, 3.8) is 0 Å². The number of nitrogens with zero attached hydrogens (tertiary/aromatic N) is 1. The van der Waals surface area contributed by atoms with Crippen LogP contribution in [-0.4, -0.2) is 0 Å². The van der Waals surface area contributed by atoms with E-state index in [2.05, 4.69) is 193 Å². The smallest absolute Gasteiger partial charge is 0.0540 e. The Balaban J connectivity index is 1.13. The van der Waals surface area contributed by atoms with Gasteiger partial charge in [0, 0.05) is 37.1 Å². The minimum Gasteiger partial charge on any atom is -0.310 e. The minimum atomic E-state index is 1.12. The summed E-state index contributed by atoms with van der Waals surface area (Å²) in [5.41, 5.74) is 10.6. The summed E-state index contributed by atoms with van der Waals surface area (Å²) in [6.07, 6.45) is 0. The van der Waals surface area contributed by atoms with Gasteiger partial charge in [-0.25, -0.2) is 0 Å². The van der Waals surface area contributed by atoms with E-state index in [0.717, 1.165) is 17.1 Å². The highest BCUT2D eigenvalue weighted by molar-refractivity contribution is 7.25. The van der Waals surface area contributed by atoms with Gasteiger partial charge in [0.1, 0.15) is 0 Å². The molecule has 0 aliphatic carbocycles. The summed E-state index contributed by atoms with van der Waals surface area (Å²) in [5.74, 6) is 0. The molecule has 0 bridgehead atoms. The molecule has 8 aromatic carbocycles. The topological polar surface area (TPSA) is 3.24 Å². The molecule has 0 atom stereocenters. The third-order valence-electron chi connectivity index (χ3n) is 9.27. The zero-order valence-electron chi connectivity index (χ0n) is 26.3. The molecule has 1 nitrogen and oxygen atoms in total. The van der Waals surface area contributed by atoms with Crippen LogP contribution in [-0.2, 0) is 0 Å². The molecule has 0 fully saturated rings. The second kappa shape index (κ2) is 12.0. The molecule has 0 radical (unpaired) electrons. The highest BCUT2D eigenvalue weighted by Gasteiger charge is 2.18. The molecule has 1 heterocycles. The van der Waals surface area contributed by atoms with Crippen LogP contribution in [0.3, 0.4) is 0 Å². The zero-order chi connectivity index (χ0) is 31.9. The van der Waals surface area contributed by atoms with Crippen molar-refractivity contribution >= 4 is 59.3 Å². The van der Waals surface area contributed by atoms with E-state index in [1.54, 1.807) is 0 Å². The number of para-hydroxylation sites is 2. The van der Waals surface area contributed by atoms with Crippen LogP contribution < -0.4 is 4.90 Å². The van der Waals surface area contributed by atoms with E-state index in [4.69, 9.17) is 0 Å². The van der Waals surface area contributed by atoms with E-state index in [9.17, 15) is 0 Å².